The summed E-state index contributed by atoms with van der Waals surface area (Å²) in [6.07, 6.45) is 2.33. The average molecular weight is 276 g/mol. The maximum absolute atomic E-state index is 12.4. The molecule has 1 fully saturated rings. The molecule has 2 rings (SSSR count). The van der Waals surface area contributed by atoms with Gasteiger partial charge in [0.25, 0.3) is 5.91 Å². The van der Waals surface area contributed by atoms with E-state index in [1.54, 1.807) is 18.0 Å². The lowest BCUT2D eigenvalue weighted by atomic mass is 9.96. The second-order valence-corrected chi connectivity index (χ2v) is 5.59. The fraction of sp³-hybridized carbons (Fsp3) is 0.600. The molecule has 5 nitrogen and oxygen atoms in total. The Kier molecular flexibility index (Phi) is 4.95. The van der Waals surface area contributed by atoms with Crippen LogP contribution in [0.4, 0.5) is 5.82 Å². The number of aromatic nitrogens is 1. The van der Waals surface area contributed by atoms with Gasteiger partial charge in [0.15, 0.2) is 0 Å². The molecule has 5 heteroatoms. The standard InChI is InChI=1S/C15H24N4O/c1-16-14-6-4-5-13(17-14)15(20)19(3)11-12-7-9-18(2)10-8-12/h4-6,12H,7-11H2,1-3H3,(H,16,17). The van der Waals surface area contributed by atoms with Crippen molar-refractivity contribution in [2.24, 2.45) is 5.92 Å². The van der Waals surface area contributed by atoms with Crippen molar-refractivity contribution in [3.05, 3.63) is 23.9 Å². The zero-order valence-electron chi connectivity index (χ0n) is 12.6. The second kappa shape index (κ2) is 6.70. The van der Waals surface area contributed by atoms with Gasteiger partial charge in [0.2, 0.25) is 0 Å². The molecule has 0 atom stereocenters. The summed E-state index contributed by atoms with van der Waals surface area (Å²) < 4.78 is 0. The van der Waals surface area contributed by atoms with Crippen LogP contribution in [-0.4, -0.2) is 61.5 Å². The first-order valence-corrected chi connectivity index (χ1v) is 7.19. The summed E-state index contributed by atoms with van der Waals surface area (Å²) in [7, 11) is 5.82. The Bertz CT molecular complexity index is 455. The summed E-state index contributed by atoms with van der Waals surface area (Å²) in [6, 6.07) is 5.48. The summed E-state index contributed by atoms with van der Waals surface area (Å²) in [5, 5.41) is 2.96. The fourth-order valence-electron chi connectivity index (χ4n) is 2.60. The Labute approximate surface area is 121 Å². The molecule has 0 spiro atoms. The number of rotatable bonds is 4. The molecule has 1 aromatic heterocycles. The highest BCUT2D eigenvalue weighted by Gasteiger charge is 2.21. The van der Waals surface area contributed by atoms with Gasteiger partial charge in [-0.25, -0.2) is 4.98 Å². The molecule has 0 aromatic carbocycles. The van der Waals surface area contributed by atoms with E-state index in [-0.39, 0.29) is 5.91 Å². The summed E-state index contributed by atoms with van der Waals surface area (Å²) in [5.74, 6) is 1.33. The number of likely N-dealkylation sites (tertiary alicyclic amines) is 1. The van der Waals surface area contributed by atoms with Gasteiger partial charge in [-0.05, 0) is 51.0 Å². The Morgan fingerprint density at radius 3 is 2.80 bits per heavy atom. The summed E-state index contributed by atoms with van der Waals surface area (Å²) in [6.45, 7) is 3.07. The van der Waals surface area contributed by atoms with Gasteiger partial charge in [0.1, 0.15) is 11.5 Å². The van der Waals surface area contributed by atoms with Crippen LogP contribution in [0.5, 0.6) is 0 Å². The van der Waals surface area contributed by atoms with Crippen molar-refractivity contribution in [2.45, 2.75) is 12.8 Å². The lowest BCUT2D eigenvalue weighted by Crippen LogP contribution is -2.38. The molecular formula is C15H24N4O. The minimum absolute atomic E-state index is 0.000952. The molecule has 20 heavy (non-hydrogen) atoms. The maximum Gasteiger partial charge on any atom is 0.272 e. The zero-order valence-corrected chi connectivity index (χ0v) is 12.6. The molecule has 0 aliphatic carbocycles. The van der Waals surface area contributed by atoms with Gasteiger partial charge in [-0.1, -0.05) is 6.07 Å². The van der Waals surface area contributed by atoms with Crippen LogP contribution < -0.4 is 5.32 Å². The molecule has 1 aliphatic heterocycles. The van der Waals surface area contributed by atoms with E-state index in [0.29, 0.717) is 11.6 Å². The van der Waals surface area contributed by atoms with Gasteiger partial charge in [0, 0.05) is 20.6 Å². The van der Waals surface area contributed by atoms with Gasteiger partial charge in [-0.2, -0.15) is 0 Å². The topological polar surface area (TPSA) is 48.5 Å². The number of piperidine rings is 1. The SMILES string of the molecule is CNc1cccc(C(=O)N(C)CC2CCN(C)CC2)n1. The van der Waals surface area contributed by atoms with E-state index in [1.807, 2.05) is 19.2 Å². The number of hydrogen-bond acceptors (Lipinski definition) is 4. The third-order valence-electron chi connectivity index (χ3n) is 3.94. The van der Waals surface area contributed by atoms with Crippen LogP contribution >= 0.6 is 0 Å². The van der Waals surface area contributed by atoms with Crippen molar-refractivity contribution in [3.63, 3.8) is 0 Å². The van der Waals surface area contributed by atoms with Crippen LogP contribution in [0.1, 0.15) is 23.3 Å². The quantitative estimate of drug-likeness (QED) is 0.906. The van der Waals surface area contributed by atoms with Gasteiger partial charge in [-0.3, -0.25) is 4.79 Å². The molecule has 0 radical (unpaired) electrons. The van der Waals surface area contributed by atoms with E-state index >= 15 is 0 Å². The second-order valence-electron chi connectivity index (χ2n) is 5.59. The predicted octanol–water partition coefficient (Wildman–Crippen LogP) is 1.54. The van der Waals surface area contributed by atoms with Crippen LogP contribution in [0.2, 0.25) is 0 Å². The number of hydrogen-bond donors (Lipinski definition) is 1. The molecule has 0 bridgehead atoms. The van der Waals surface area contributed by atoms with E-state index < -0.39 is 0 Å². The van der Waals surface area contributed by atoms with Crippen molar-refractivity contribution in [1.82, 2.24) is 14.8 Å². The summed E-state index contributed by atoms with van der Waals surface area (Å²) in [5.41, 5.74) is 0.507. The van der Waals surface area contributed by atoms with E-state index in [2.05, 4.69) is 22.2 Å². The number of nitrogens with zero attached hydrogens (tertiary/aromatic N) is 3. The normalized spacial score (nSPS) is 16.9. The van der Waals surface area contributed by atoms with Gasteiger partial charge < -0.3 is 15.1 Å². The van der Waals surface area contributed by atoms with E-state index in [0.717, 1.165) is 38.3 Å². The van der Waals surface area contributed by atoms with Gasteiger partial charge in [0.05, 0.1) is 0 Å². The minimum atomic E-state index is 0.000952. The molecule has 1 amide bonds. The van der Waals surface area contributed by atoms with Crippen molar-refractivity contribution >= 4 is 11.7 Å². The Balaban J connectivity index is 1.94. The first-order chi connectivity index (χ1) is 9.60. The maximum atomic E-state index is 12.4. The lowest BCUT2D eigenvalue weighted by Gasteiger charge is -2.31. The molecule has 1 aromatic rings. The van der Waals surface area contributed by atoms with Gasteiger partial charge >= 0.3 is 0 Å². The monoisotopic (exact) mass is 276 g/mol. The van der Waals surface area contributed by atoms with Crippen molar-refractivity contribution in [3.8, 4) is 0 Å². The molecule has 0 unspecified atom stereocenters. The molecule has 1 aliphatic rings. The summed E-state index contributed by atoms with van der Waals surface area (Å²) >= 11 is 0. The Morgan fingerprint density at radius 1 is 1.45 bits per heavy atom. The third-order valence-corrected chi connectivity index (χ3v) is 3.94. The number of pyridine rings is 1. The molecule has 0 saturated carbocycles. The first-order valence-electron chi connectivity index (χ1n) is 7.19. The highest BCUT2D eigenvalue weighted by molar-refractivity contribution is 5.92. The fourth-order valence-corrected chi connectivity index (χ4v) is 2.60. The third kappa shape index (κ3) is 3.70. The largest absolute Gasteiger partial charge is 0.373 e. The van der Waals surface area contributed by atoms with Crippen LogP contribution in [0.25, 0.3) is 0 Å². The smallest absolute Gasteiger partial charge is 0.272 e. The molecular weight excluding hydrogens is 252 g/mol. The van der Waals surface area contributed by atoms with Crippen molar-refractivity contribution < 1.29 is 4.79 Å². The molecule has 1 N–H and O–H groups in total. The van der Waals surface area contributed by atoms with E-state index in [9.17, 15) is 4.79 Å². The Hall–Kier alpha value is -1.62. The van der Waals surface area contributed by atoms with Crippen LogP contribution in [0.15, 0.2) is 18.2 Å². The number of amides is 1. The Morgan fingerprint density at radius 2 is 2.15 bits per heavy atom. The van der Waals surface area contributed by atoms with Crippen LogP contribution in [-0.2, 0) is 0 Å². The van der Waals surface area contributed by atoms with Crippen LogP contribution in [0, 0.1) is 5.92 Å². The molecule has 2 heterocycles. The minimum Gasteiger partial charge on any atom is -0.373 e. The highest BCUT2D eigenvalue weighted by atomic mass is 16.2. The zero-order chi connectivity index (χ0) is 14.5. The molecule has 1 saturated heterocycles. The number of nitrogens with one attached hydrogen (secondary N) is 1. The van der Waals surface area contributed by atoms with Gasteiger partial charge in [-0.15, -0.1) is 0 Å². The summed E-state index contributed by atoms with van der Waals surface area (Å²) in [4.78, 5) is 20.8. The highest BCUT2D eigenvalue weighted by Crippen LogP contribution is 2.17. The number of carbonyl (C=O) groups is 1. The van der Waals surface area contributed by atoms with Crippen LogP contribution in [0.3, 0.4) is 0 Å². The van der Waals surface area contributed by atoms with Crippen molar-refractivity contribution in [1.29, 1.82) is 0 Å². The van der Waals surface area contributed by atoms with E-state index in [1.165, 1.54) is 0 Å². The number of carbonyl (C=O) groups excluding carboxylic acids is 1. The molecule has 110 valence electrons. The first kappa shape index (κ1) is 14.8. The predicted molar refractivity (Wildman–Crippen MR) is 81.0 cm³/mol. The number of anilines is 1. The lowest BCUT2D eigenvalue weighted by molar-refractivity contribution is 0.0741. The average Bonchev–Trinajstić information content (AvgIpc) is 2.48. The van der Waals surface area contributed by atoms with Crippen molar-refractivity contribution in [2.75, 3.05) is 46.1 Å². The van der Waals surface area contributed by atoms with E-state index in [4.69, 9.17) is 0 Å².